The molecule has 0 aliphatic carbocycles. The summed E-state index contributed by atoms with van der Waals surface area (Å²) in [5.41, 5.74) is 2.81. The average molecular weight is 429 g/mol. The highest BCUT2D eigenvalue weighted by molar-refractivity contribution is 7.13. The summed E-state index contributed by atoms with van der Waals surface area (Å²) in [6.07, 6.45) is 0. The number of ether oxygens (including phenoxy) is 1. The first-order chi connectivity index (χ1) is 14.4. The van der Waals surface area contributed by atoms with Crippen LogP contribution in [0.5, 0.6) is 0 Å². The van der Waals surface area contributed by atoms with Crippen molar-refractivity contribution in [2.75, 3.05) is 20.2 Å². The third kappa shape index (κ3) is 4.79. The van der Waals surface area contributed by atoms with Gasteiger partial charge in [-0.2, -0.15) is 0 Å². The number of aliphatic imine (C=N–C) groups is 1. The Morgan fingerprint density at radius 1 is 1.30 bits per heavy atom. The molecule has 0 amide bonds. The molecule has 0 spiro atoms. The summed E-state index contributed by atoms with van der Waals surface area (Å²) < 4.78 is 7.29. The van der Waals surface area contributed by atoms with Crippen molar-refractivity contribution in [2.45, 2.75) is 40.3 Å². The first-order valence-electron chi connectivity index (χ1n) is 9.98. The number of guanidine groups is 1. The maximum Gasteiger partial charge on any atom is 0.350 e. The van der Waals surface area contributed by atoms with E-state index in [1.807, 2.05) is 39.0 Å². The van der Waals surface area contributed by atoms with Crippen LogP contribution in [-0.4, -0.2) is 46.7 Å². The second-order valence-electron chi connectivity index (χ2n) is 6.85. The van der Waals surface area contributed by atoms with Crippen molar-refractivity contribution < 1.29 is 9.53 Å². The van der Waals surface area contributed by atoms with Crippen LogP contribution in [0.3, 0.4) is 0 Å². The third-order valence-electron chi connectivity index (χ3n) is 4.69. The van der Waals surface area contributed by atoms with Gasteiger partial charge in [-0.1, -0.05) is 12.1 Å². The van der Waals surface area contributed by atoms with E-state index in [1.54, 1.807) is 14.0 Å². The van der Waals surface area contributed by atoms with Gasteiger partial charge in [0.05, 0.1) is 29.4 Å². The number of aromatic nitrogens is 3. The zero-order valence-corrected chi connectivity index (χ0v) is 18.8. The normalized spacial score (nSPS) is 12.8. The number of benzene rings is 1. The largest absolute Gasteiger partial charge is 0.462 e. The topological polar surface area (TPSA) is 93.4 Å². The molecular weight excluding hydrogens is 400 g/mol. The van der Waals surface area contributed by atoms with Crippen molar-refractivity contribution in [1.82, 2.24) is 25.2 Å². The number of rotatable bonds is 7. The average Bonchev–Trinajstić information content (AvgIpc) is 3.27. The van der Waals surface area contributed by atoms with Crippen LogP contribution in [0.2, 0.25) is 0 Å². The summed E-state index contributed by atoms with van der Waals surface area (Å²) in [4.78, 5) is 26.0. The van der Waals surface area contributed by atoms with Crippen molar-refractivity contribution in [3.05, 3.63) is 45.7 Å². The minimum Gasteiger partial charge on any atom is -0.462 e. The fourth-order valence-corrected chi connectivity index (χ4v) is 4.18. The van der Waals surface area contributed by atoms with E-state index >= 15 is 0 Å². The van der Waals surface area contributed by atoms with Crippen molar-refractivity contribution in [2.24, 2.45) is 4.99 Å². The molecule has 160 valence electrons. The molecular formula is C21H28N6O2S. The number of nitrogens with zero attached hydrogens (tertiary/aromatic N) is 4. The molecule has 1 atom stereocenters. The molecule has 8 nitrogen and oxygen atoms in total. The lowest BCUT2D eigenvalue weighted by Crippen LogP contribution is -2.40. The van der Waals surface area contributed by atoms with E-state index in [2.05, 4.69) is 36.2 Å². The standard InChI is InChI=1S/C21H28N6O2S/c1-6-29-20(28)18-13(2)24-19(30-18)14(3)25-21(22-5)23-11-12-27-15(4)26-16-9-7-8-10-17(16)27/h7-10,14H,6,11-12H2,1-5H3,(H2,22,23,25). The van der Waals surface area contributed by atoms with Gasteiger partial charge in [0.1, 0.15) is 15.7 Å². The number of carbonyl (C=O) groups is 1. The van der Waals surface area contributed by atoms with Gasteiger partial charge < -0.3 is 19.9 Å². The van der Waals surface area contributed by atoms with Gasteiger partial charge in [0.15, 0.2) is 5.96 Å². The molecule has 0 bridgehead atoms. The number of nitrogens with one attached hydrogen (secondary N) is 2. The molecule has 0 saturated carbocycles. The summed E-state index contributed by atoms with van der Waals surface area (Å²) in [6, 6.07) is 8.03. The minimum atomic E-state index is -0.323. The minimum absolute atomic E-state index is 0.0983. The lowest BCUT2D eigenvalue weighted by atomic mass is 10.3. The molecule has 3 aromatic rings. The van der Waals surface area contributed by atoms with Crippen molar-refractivity contribution in [3.8, 4) is 0 Å². The number of imidazole rings is 1. The fourth-order valence-electron chi connectivity index (χ4n) is 3.21. The zero-order valence-electron chi connectivity index (χ0n) is 18.0. The Morgan fingerprint density at radius 3 is 2.80 bits per heavy atom. The molecule has 2 N–H and O–H groups in total. The zero-order chi connectivity index (χ0) is 21.7. The van der Waals surface area contributed by atoms with Gasteiger partial charge in [0, 0.05) is 20.1 Å². The smallest absolute Gasteiger partial charge is 0.350 e. The summed E-state index contributed by atoms with van der Waals surface area (Å²) in [6.45, 7) is 9.44. The second-order valence-corrected chi connectivity index (χ2v) is 7.88. The van der Waals surface area contributed by atoms with Crippen LogP contribution in [0, 0.1) is 13.8 Å². The van der Waals surface area contributed by atoms with Crippen molar-refractivity contribution in [1.29, 1.82) is 0 Å². The molecule has 9 heteroatoms. The van der Waals surface area contributed by atoms with E-state index in [-0.39, 0.29) is 12.0 Å². The van der Waals surface area contributed by atoms with E-state index in [4.69, 9.17) is 4.74 Å². The monoisotopic (exact) mass is 428 g/mol. The Kier molecular flexibility index (Phi) is 7.04. The summed E-state index contributed by atoms with van der Waals surface area (Å²) in [7, 11) is 1.73. The van der Waals surface area contributed by atoms with Gasteiger partial charge in [-0.25, -0.2) is 14.8 Å². The first kappa shape index (κ1) is 21.8. The highest BCUT2D eigenvalue weighted by Crippen LogP contribution is 2.24. The third-order valence-corrected chi connectivity index (χ3v) is 6.01. The number of esters is 1. The van der Waals surface area contributed by atoms with Gasteiger partial charge in [-0.3, -0.25) is 4.99 Å². The number of hydrogen-bond acceptors (Lipinski definition) is 6. The Balaban J connectivity index is 1.60. The molecule has 1 unspecified atom stereocenters. The number of hydrogen-bond donors (Lipinski definition) is 2. The molecule has 0 saturated heterocycles. The SMILES string of the molecule is CCOC(=O)c1sc(C(C)NC(=NC)NCCn2c(C)nc3ccccc32)nc1C. The maximum atomic E-state index is 12.0. The van der Waals surface area contributed by atoms with Crippen LogP contribution < -0.4 is 10.6 Å². The number of thiazole rings is 1. The predicted octanol–water partition coefficient (Wildman–Crippen LogP) is 3.21. The van der Waals surface area contributed by atoms with Crippen LogP contribution in [0.25, 0.3) is 11.0 Å². The molecule has 0 radical (unpaired) electrons. The van der Waals surface area contributed by atoms with Crippen LogP contribution in [0.1, 0.15) is 46.1 Å². The molecule has 0 aliphatic rings. The molecule has 2 heterocycles. The highest BCUT2D eigenvalue weighted by atomic mass is 32.1. The molecule has 1 aromatic carbocycles. The predicted molar refractivity (Wildman–Crippen MR) is 120 cm³/mol. The van der Waals surface area contributed by atoms with Gasteiger partial charge in [0.25, 0.3) is 0 Å². The first-order valence-corrected chi connectivity index (χ1v) is 10.8. The molecule has 30 heavy (non-hydrogen) atoms. The Morgan fingerprint density at radius 2 is 2.07 bits per heavy atom. The van der Waals surface area contributed by atoms with Crippen LogP contribution >= 0.6 is 11.3 Å². The molecule has 0 fully saturated rings. The van der Waals surface area contributed by atoms with E-state index in [0.29, 0.717) is 29.7 Å². The lowest BCUT2D eigenvalue weighted by Gasteiger charge is -2.16. The van der Waals surface area contributed by atoms with E-state index in [0.717, 1.165) is 28.4 Å². The number of para-hydroxylation sites is 2. The Bertz CT molecular complexity index is 1060. The summed E-state index contributed by atoms with van der Waals surface area (Å²) in [5, 5.41) is 7.49. The summed E-state index contributed by atoms with van der Waals surface area (Å²) in [5.74, 6) is 1.34. The Labute approximate surface area is 180 Å². The molecule has 3 rings (SSSR count). The fraction of sp³-hybridized carbons (Fsp3) is 0.429. The van der Waals surface area contributed by atoms with Gasteiger partial charge >= 0.3 is 5.97 Å². The van der Waals surface area contributed by atoms with Crippen molar-refractivity contribution >= 4 is 34.3 Å². The lowest BCUT2D eigenvalue weighted by molar-refractivity contribution is 0.0531. The highest BCUT2D eigenvalue weighted by Gasteiger charge is 2.20. The molecule has 0 aliphatic heterocycles. The number of carbonyl (C=O) groups excluding carboxylic acids is 1. The van der Waals surface area contributed by atoms with Crippen molar-refractivity contribution in [3.63, 3.8) is 0 Å². The summed E-state index contributed by atoms with van der Waals surface area (Å²) >= 11 is 1.35. The van der Waals surface area contributed by atoms with E-state index in [1.165, 1.54) is 11.3 Å². The number of fused-ring (bicyclic) bond motifs is 1. The van der Waals surface area contributed by atoms with Crippen LogP contribution in [-0.2, 0) is 11.3 Å². The van der Waals surface area contributed by atoms with Gasteiger partial charge in [-0.15, -0.1) is 11.3 Å². The van der Waals surface area contributed by atoms with E-state index in [9.17, 15) is 4.79 Å². The van der Waals surface area contributed by atoms with Crippen LogP contribution in [0.15, 0.2) is 29.3 Å². The van der Waals surface area contributed by atoms with E-state index < -0.39 is 0 Å². The maximum absolute atomic E-state index is 12.0. The quantitative estimate of drug-likeness (QED) is 0.341. The second kappa shape index (κ2) is 9.71. The van der Waals surface area contributed by atoms with Gasteiger partial charge in [0.2, 0.25) is 0 Å². The Hall–Kier alpha value is -2.94. The number of aryl methyl sites for hydroxylation is 2. The van der Waals surface area contributed by atoms with Crippen LogP contribution in [0.4, 0.5) is 0 Å². The van der Waals surface area contributed by atoms with Gasteiger partial charge in [-0.05, 0) is 39.8 Å². The molecule has 2 aromatic heterocycles.